The second-order valence-electron chi connectivity index (χ2n) is 8.83. The summed E-state index contributed by atoms with van der Waals surface area (Å²) in [7, 11) is 2.98. The number of ether oxygens (including phenoxy) is 2. The molecule has 1 aromatic rings. The van der Waals surface area contributed by atoms with Crippen LogP contribution in [-0.4, -0.2) is 91.4 Å². The standard InChI is InChI=1S/C24H32N4O7/c1-5-35-21(31)16-10-12-27(13-11-16)20(30)14-26(3)19(29)15-28-22(32)24(2,25-23(28)33)17-6-8-18(34-4)9-7-17/h6-9,16H,5,10-15H2,1-4H3,(H,25,33). The molecule has 2 heterocycles. The number of urea groups is 1. The number of piperidine rings is 1. The Morgan fingerprint density at radius 1 is 1.14 bits per heavy atom. The van der Waals surface area contributed by atoms with E-state index in [1.54, 1.807) is 43.0 Å². The van der Waals surface area contributed by atoms with Crippen molar-refractivity contribution >= 4 is 29.7 Å². The summed E-state index contributed by atoms with van der Waals surface area (Å²) in [5.74, 6) is -1.22. The summed E-state index contributed by atoms with van der Waals surface area (Å²) in [5, 5.41) is 2.66. The molecule has 5 amide bonds. The van der Waals surface area contributed by atoms with Gasteiger partial charge in [-0.1, -0.05) is 12.1 Å². The van der Waals surface area contributed by atoms with Crippen molar-refractivity contribution in [1.82, 2.24) is 20.0 Å². The molecule has 0 spiro atoms. The zero-order valence-electron chi connectivity index (χ0n) is 20.5. The van der Waals surface area contributed by atoms with E-state index in [9.17, 15) is 24.0 Å². The molecule has 1 aromatic carbocycles. The zero-order valence-corrected chi connectivity index (χ0v) is 20.5. The summed E-state index contributed by atoms with van der Waals surface area (Å²) in [4.78, 5) is 66.6. The molecule has 1 atom stereocenters. The lowest BCUT2D eigenvalue weighted by Crippen LogP contribution is -2.48. The molecule has 2 aliphatic heterocycles. The lowest BCUT2D eigenvalue weighted by Gasteiger charge is -2.32. The van der Waals surface area contributed by atoms with Crippen LogP contribution in [0.25, 0.3) is 0 Å². The van der Waals surface area contributed by atoms with Crippen LogP contribution >= 0.6 is 0 Å². The van der Waals surface area contributed by atoms with Crippen LogP contribution in [0.15, 0.2) is 24.3 Å². The van der Waals surface area contributed by atoms with Gasteiger partial charge >= 0.3 is 12.0 Å². The predicted octanol–water partition coefficient (Wildman–Crippen LogP) is 0.722. The van der Waals surface area contributed by atoms with Gasteiger partial charge in [-0.25, -0.2) is 4.79 Å². The van der Waals surface area contributed by atoms with Crippen LogP contribution in [0.2, 0.25) is 0 Å². The summed E-state index contributed by atoms with van der Waals surface area (Å²) in [5.41, 5.74) is -0.761. The van der Waals surface area contributed by atoms with Gasteiger partial charge in [-0.2, -0.15) is 0 Å². The van der Waals surface area contributed by atoms with Crippen molar-refractivity contribution in [2.45, 2.75) is 32.2 Å². The molecule has 11 nitrogen and oxygen atoms in total. The largest absolute Gasteiger partial charge is 0.497 e. The fraction of sp³-hybridized carbons (Fsp3) is 0.542. The van der Waals surface area contributed by atoms with E-state index < -0.39 is 29.9 Å². The zero-order chi connectivity index (χ0) is 25.8. The van der Waals surface area contributed by atoms with Gasteiger partial charge in [0.05, 0.1) is 26.2 Å². The van der Waals surface area contributed by atoms with Crippen molar-refractivity contribution in [2.75, 3.05) is 46.9 Å². The Balaban J connectivity index is 1.55. The van der Waals surface area contributed by atoms with Gasteiger partial charge in [-0.3, -0.25) is 24.1 Å². The van der Waals surface area contributed by atoms with Crippen molar-refractivity contribution in [3.63, 3.8) is 0 Å². The third-order valence-corrected chi connectivity index (χ3v) is 6.50. The van der Waals surface area contributed by atoms with Gasteiger partial charge in [-0.15, -0.1) is 0 Å². The number of likely N-dealkylation sites (N-methyl/N-ethyl adjacent to an activating group) is 1. The van der Waals surface area contributed by atoms with Gasteiger partial charge in [0.15, 0.2) is 0 Å². The number of hydrogen-bond donors (Lipinski definition) is 1. The average molecular weight is 489 g/mol. The highest BCUT2D eigenvalue weighted by molar-refractivity contribution is 6.09. The molecule has 2 fully saturated rings. The van der Waals surface area contributed by atoms with Gasteiger partial charge in [0.1, 0.15) is 17.8 Å². The Labute approximate surface area is 204 Å². The van der Waals surface area contributed by atoms with E-state index in [0.29, 0.717) is 43.9 Å². The normalized spacial score (nSPS) is 20.5. The number of likely N-dealkylation sites (tertiary alicyclic amines) is 1. The summed E-state index contributed by atoms with van der Waals surface area (Å²) in [6.45, 7) is 3.78. The van der Waals surface area contributed by atoms with E-state index >= 15 is 0 Å². The first kappa shape index (κ1) is 26.0. The number of amides is 5. The van der Waals surface area contributed by atoms with Gasteiger partial charge in [0, 0.05) is 20.1 Å². The average Bonchev–Trinajstić information content (AvgIpc) is 3.07. The molecule has 0 saturated carbocycles. The number of rotatable bonds is 8. The summed E-state index contributed by atoms with van der Waals surface area (Å²) in [6, 6.07) is 6.05. The molecule has 0 aliphatic carbocycles. The van der Waals surface area contributed by atoms with Crippen molar-refractivity contribution in [1.29, 1.82) is 0 Å². The second-order valence-corrected chi connectivity index (χ2v) is 8.83. The van der Waals surface area contributed by atoms with Crippen LogP contribution in [0.1, 0.15) is 32.3 Å². The number of nitrogens with one attached hydrogen (secondary N) is 1. The van der Waals surface area contributed by atoms with Crippen LogP contribution in [-0.2, 0) is 29.5 Å². The number of carbonyl (C=O) groups is 5. The summed E-state index contributed by atoms with van der Waals surface area (Å²) in [6.07, 6.45) is 1.02. The van der Waals surface area contributed by atoms with Gasteiger partial charge in [0.2, 0.25) is 11.8 Å². The molecule has 1 N–H and O–H groups in total. The van der Waals surface area contributed by atoms with Crippen molar-refractivity contribution in [3.8, 4) is 5.75 Å². The van der Waals surface area contributed by atoms with Crippen molar-refractivity contribution in [3.05, 3.63) is 29.8 Å². The number of benzene rings is 1. The first-order chi connectivity index (χ1) is 16.6. The van der Waals surface area contributed by atoms with Crippen LogP contribution in [0.4, 0.5) is 4.79 Å². The number of imide groups is 1. The number of esters is 1. The van der Waals surface area contributed by atoms with Crippen LogP contribution in [0, 0.1) is 5.92 Å². The molecular weight excluding hydrogens is 456 g/mol. The Kier molecular flexibility index (Phi) is 7.98. The minimum Gasteiger partial charge on any atom is -0.497 e. The molecule has 2 saturated heterocycles. The maximum atomic E-state index is 13.1. The molecule has 0 radical (unpaired) electrons. The first-order valence-electron chi connectivity index (χ1n) is 11.6. The fourth-order valence-corrected chi connectivity index (χ4v) is 4.23. The Morgan fingerprint density at radius 2 is 1.77 bits per heavy atom. The number of hydrogen-bond acceptors (Lipinski definition) is 7. The maximum Gasteiger partial charge on any atom is 0.325 e. The summed E-state index contributed by atoms with van der Waals surface area (Å²) >= 11 is 0. The second kappa shape index (κ2) is 10.7. The van der Waals surface area contributed by atoms with E-state index in [4.69, 9.17) is 9.47 Å². The smallest absolute Gasteiger partial charge is 0.325 e. The molecule has 2 aliphatic rings. The van der Waals surface area contributed by atoms with E-state index in [2.05, 4.69) is 5.32 Å². The van der Waals surface area contributed by atoms with Crippen LogP contribution < -0.4 is 10.1 Å². The minimum atomic E-state index is -1.32. The molecule has 0 bridgehead atoms. The molecule has 1 unspecified atom stereocenters. The highest BCUT2D eigenvalue weighted by Crippen LogP contribution is 2.30. The molecule has 0 aromatic heterocycles. The first-order valence-corrected chi connectivity index (χ1v) is 11.6. The van der Waals surface area contributed by atoms with E-state index in [1.807, 2.05) is 0 Å². The fourth-order valence-electron chi connectivity index (χ4n) is 4.23. The van der Waals surface area contributed by atoms with E-state index in [-0.39, 0.29) is 24.3 Å². The topological polar surface area (TPSA) is 126 Å². The van der Waals surface area contributed by atoms with Gasteiger partial charge in [0.25, 0.3) is 5.91 Å². The quantitative estimate of drug-likeness (QED) is 0.422. The number of methoxy groups -OCH3 is 1. The Bertz CT molecular complexity index is 988. The monoisotopic (exact) mass is 488 g/mol. The number of nitrogens with zero attached hydrogens (tertiary/aromatic N) is 3. The van der Waals surface area contributed by atoms with E-state index in [0.717, 1.165) is 4.90 Å². The van der Waals surface area contributed by atoms with Crippen LogP contribution in [0.3, 0.4) is 0 Å². The Hall–Kier alpha value is -3.63. The minimum absolute atomic E-state index is 0.192. The van der Waals surface area contributed by atoms with Crippen molar-refractivity contribution < 1.29 is 33.4 Å². The third kappa shape index (κ3) is 5.55. The SMILES string of the molecule is CCOC(=O)C1CCN(C(=O)CN(C)C(=O)CN2C(=O)NC(C)(c3ccc(OC)cc3)C2=O)CC1. The van der Waals surface area contributed by atoms with Crippen LogP contribution in [0.5, 0.6) is 5.75 Å². The van der Waals surface area contributed by atoms with E-state index in [1.165, 1.54) is 19.1 Å². The molecule has 190 valence electrons. The van der Waals surface area contributed by atoms with Gasteiger partial charge < -0.3 is 24.6 Å². The maximum absolute atomic E-state index is 13.1. The number of carbonyl (C=O) groups excluding carboxylic acids is 5. The molecule has 35 heavy (non-hydrogen) atoms. The van der Waals surface area contributed by atoms with Gasteiger partial charge in [-0.05, 0) is 44.4 Å². The van der Waals surface area contributed by atoms with Crippen molar-refractivity contribution in [2.24, 2.45) is 5.92 Å². The molecule has 11 heteroatoms. The highest BCUT2D eigenvalue weighted by atomic mass is 16.5. The lowest BCUT2D eigenvalue weighted by molar-refractivity contribution is -0.151. The lowest BCUT2D eigenvalue weighted by atomic mass is 9.92. The summed E-state index contributed by atoms with van der Waals surface area (Å²) < 4.78 is 10.2. The Morgan fingerprint density at radius 3 is 2.34 bits per heavy atom. The molecular formula is C24H32N4O7. The third-order valence-electron chi connectivity index (χ3n) is 6.50. The predicted molar refractivity (Wildman–Crippen MR) is 124 cm³/mol. The molecule has 3 rings (SSSR count). The highest BCUT2D eigenvalue weighted by Gasteiger charge is 2.49.